The van der Waals surface area contributed by atoms with Crippen LogP contribution >= 0.6 is 0 Å². The molecule has 0 radical (unpaired) electrons. The summed E-state index contributed by atoms with van der Waals surface area (Å²) in [6.45, 7) is 1.19. The van der Waals surface area contributed by atoms with E-state index in [2.05, 4.69) is 5.32 Å². The van der Waals surface area contributed by atoms with Crippen LogP contribution in [0.5, 0.6) is 5.75 Å². The zero-order valence-electron chi connectivity index (χ0n) is 16.6. The van der Waals surface area contributed by atoms with Crippen LogP contribution in [0.25, 0.3) is 0 Å². The number of nitrogens with zero attached hydrogens (tertiary/aromatic N) is 1. The van der Waals surface area contributed by atoms with Gasteiger partial charge in [-0.1, -0.05) is 30.3 Å². The fourth-order valence-corrected chi connectivity index (χ4v) is 4.60. The predicted molar refractivity (Wildman–Crippen MR) is 110 cm³/mol. The monoisotopic (exact) mass is 432 g/mol. The van der Waals surface area contributed by atoms with Crippen LogP contribution in [0.4, 0.5) is 0 Å². The number of hydrogen-bond donors (Lipinski definition) is 1. The number of ether oxygens (including phenoxy) is 2. The maximum Gasteiger partial charge on any atom is 0.261 e. The fourth-order valence-electron chi connectivity index (χ4n) is 3.09. The first-order valence-corrected chi connectivity index (χ1v) is 11.0. The van der Waals surface area contributed by atoms with E-state index >= 15 is 0 Å². The maximum absolute atomic E-state index is 13.2. The van der Waals surface area contributed by atoms with E-state index in [-0.39, 0.29) is 24.4 Å². The number of carbonyl (C=O) groups excluding carboxylic acids is 2. The molecule has 0 unspecified atom stereocenters. The Labute approximate surface area is 175 Å². The van der Waals surface area contributed by atoms with E-state index in [4.69, 9.17) is 9.47 Å². The highest BCUT2D eigenvalue weighted by atomic mass is 32.2. The molecule has 9 heteroatoms. The molecule has 30 heavy (non-hydrogen) atoms. The fraction of sp³-hybridized carbons (Fsp3) is 0.333. The number of carbonyl (C=O) groups is 2. The van der Waals surface area contributed by atoms with Gasteiger partial charge in [0.25, 0.3) is 5.91 Å². The Balaban J connectivity index is 1.82. The van der Waals surface area contributed by atoms with E-state index in [9.17, 15) is 18.0 Å². The molecule has 1 fully saturated rings. The molecule has 2 aromatic rings. The highest BCUT2D eigenvalue weighted by Gasteiger charge is 2.38. The lowest BCUT2D eigenvalue weighted by molar-refractivity contribution is -0.137. The molecule has 1 N–H and O–H groups in total. The summed E-state index contributed by atoms with van der Waals surface area (Å²) in [6, 6.07) is 14.5. The van der Waals surface area contributed by atoms with Crippen LogP contribution in [-0.4, -0.2) is 63.9 Å². The normalized spacial score (nSPS) is 15.3. The minimum Gasteiger partial charge on any atom is -0.497 e. The maximum atomic E-state index is 13.2. The molecule has 0 aromatic heterocycles. The Kier molecular flexibility index (Phi) is 7.07. The molecule has 160 valence electrons. The second-order valence-corrected chi connectivity index (χ2v) is 8.80. The van der Waals surface area contributed by atoms with Crippen molar-refractivity contribution in [2.45, 2.75) is 16.7 Å². The van der Waals surface area contributed by atoms with Crippen molar-refractivity contribution in [1.82, 2.24) is 10.2 Å². The second-order valence-electron chi connectivity index (χ2n) is 6.77. The number of hydrogen-bond acceptors (Lipinski definition) is 6. The third-order valence-corrected chi connectivity index (χ3v) is 6.61. The lowest BCUT2D eigenvalue weighted by Gasteiger charge is -2.30. The molecule has 1 saturated heterocycles. The molecule has 0 aliphatic carbocycles. The van der Waals surface area contributed by atoms with Crippen molar-refractivity contribution < 1.29 is 27.5 Å². The van der Waals surface area contributed by atoms with Gasteiger partial charge in [-0.15, -0.1) is 0 Å². The number of amides is 2. The molecule has 1 atom stereocenters. The van der Waals surface area contributed by atoms with Crippen LogP contribution in [0.3, 0.4) is 0 Å². The van der Waals surface area contributed by atoms with Crippen LogP contribution in [-0.2, 0) is 30.6 Å². The van der Waals surface area contributed by atoms with Gasteiger partial charge in [0.15, 0.2) is 0 Å². The van der Waals surface area contributed by atoms with E-state index in [1.54, 1.807) is 42.5 Å². The number of benzene rings is 2. The van der Waals surface area contributed by atoms with Gasteiger partial charge < -0.3 is 19.7 Å². The summed E-state index contributed by atoms with van der Waals surface area (Å²) in [5.74, 6) is -0.581. The van der Waals surface area contributed by atoms with Crippen molar-refractivity contribution in [3.63, 3.8) is 0 Å². The second kappa shape index (κ2) is 9.73. The molecule has 1 aliphatic rings. The molecule has 2 amide bonds. The van der Waals surface area contributed by atoms with Crippen LogP contribution in [0.2, 0.25) is 0 Å². The molecule has 1 aliphatic heterocycles. The Hall–Kier alpha value is -2.91. The lowest BCUT2D eigenvalue weighted by atomic mass is 10.1. The SMILES string of the molecule is COc1ccc(CC(=O)N[C@H](C(=O)N2CCOCC2)S(=O)(=O)c2ccccc2)cc1. The minimum atomic E-state index is -4.13. The molecule has 3 rings (SSSR count). The number of sulfone groups is 1. The first-order valence-electron chi connectivity index (χ1n) is 9.49. The van der Waals surface area contributed by atoms with E-state index in [0.717, 1.165) is 0 Å². The molecule has 0 bridgehead atoms. The van der Waals surface area contributed by atoms with Crippen LogP contribution in [0, 0.1) is 0 Å². The summed E-state index contributed by atoms with van der Waals surface area (Å²) in [5, 5.41) is 0.735. The molecule has 1 heterocycles. The number of methoxy groups -OCH3 is 1. The van der Waals surface area contributed by atoms with Crippen LogP contribution in [0.1, 0.15) is 5.56 Å². The van der Waals surface area contributed by atoms with Crippen molar-refractivity contribution in [2.24, 2.45) is 0 Å². The van der Waals surface area contributed by atoms with Gasteiger partial charge in [-0.2, -0.15) is 0 Å². The Morgan fingerprint density at radius 2 is 1.70 bits per heavy atom. The van der Waals surface area contributed by atoms with Gasteiger partial charge in [0.1, 0.15) is 5.75 Å². The highest BCUT2D eigenvalue weighted by Crippen LogP contribution is 2.18. The van der Waals surface area contributed by atoms with Gasteiger partial charge >= 0.3 is 0 Å². The standard InChI is InChI=1S/C21H24N2O6S/c1-28-17-9-7-16(8-10-17)15-19(24)22-20(21(25)23-11-13-29-14-12-23)30(26,27)18-5-3-2-4-6-18/h2-10,20H,11-15H2,1H3,(H,22,24)/t20-/m0/s1. The summed E-state index contributed by atoms with van der Waals surface area (Å²) in [5.41, 5.74) is 0.669. The quantitative estimate of drug-likeness (QED) is 0.701. The van der Waals surface area contributed by atoms with Crippen LogP contribution < -0.4 is 10.1 Å². The van der Waals surface area contributed by atoms with E-state index < -0.39 is 27.0 Å². The van der Waals surface area contributed by atoms with E-state index in [0.29, 0.717) is 24.5 Å². The Morgan fingerprint density at radius 3 is 2.30 bits per heavy atom. The average Bonchev–Trinajstić information content (AvgIpc) is 2.78. The van der Waals surface area contributed by atoms with Gasteiger partial charge in [0.2, 0.25) is 21.1 Å². The molecule has 0 spiro atoms. The summed E-state index contributed by atoms with van der Waals surface area (Å²) in [4.78, 5) is 27.1. The summed E-state index contributed by atoms with van der Waals surface area (Å²) < 4.78 is 36.7. The van der Waals surface area contributed by atoms with Gasteiger partial charge in [-0.3, -0.25) is 9.59 Å². The topological polar surface area (TPSA) is 102 Å². The van der Waals surface area contributed by atoms with Crippen molar-refractivity contribution in [2.75, 3.05) is 33.4 Å². The summed E-state index contributed by atoms with van der Waals surface area (Å²) in [6.07, 6.45) is -0.0683. The third-order valence-electron chi connectivity index (χ3n) is 4.74. The van der Waals surface area contributed by atoms with Crippen molar-refractivity contribution in [1.29, 1.82) is 0 Å². The molecule has 8 nitrogen and oxygen atoms in total. The molecular formula is C21H24N2O6S. The van der Waals surface area contributed by atoms with Crippen molar-refractivity contribution >= 4 is 21.7 Å². The van der Waals surface area contributed by atoms with Gasteiger partial charge in [-0.05, 0) is 29.8 Å². The number of morpholine rings is 1. The smallest absolute Gasteiger partial charge is 0.261 e. The largest absolute Gasteiger partial charge is 0.497 e. The zero-order valence-corrected chi connectivity index (χ0v) is 17.4. The summed E-state index contributed by atoms with van der Waals surface area (Å²) >= 11 is 0. The first kappa shape index (κ1) is 21.8. The zero-order chi connectivity index (χ0) is 21.6. The molecular weight excluding hydrogens is 408 g/mol. The van der Waals surface area contributed by atoms with E-state index in [1.165, 1.54) is 24.1 Å². The Bertz CT molecular complexity index is 970. The molecule has 0 saturated carbocycles. The summed E-state index contributed by atoms with van der Waals surface area (Å²) in [7, 11) is -2.59. The highest BCUT2D eigenvalue weighted by molar-refractivity contribution is 7.92. The average molecular weight is 432 g/mol. The van der Waals surface area contributed by atoms with Gasteiger partial charge in [-0.25, -0.2) is 8.42 Å². The van der Waals surface area contributed by atoms with Gasteiger partial charge in [0.05, 0.1) is 31.6 Å². The van der Waals surface area contributed by atoms with Crippen molar-refractivity contribution in [3.8, 4) is 5.75 Å². The Morgan fingerprint density at radius 1 is 1.07 bits per heavy atom. The molecule has 2 aromatic carbocycles. The van der Waals surface area contributed by atoms with E-state index in [1.807, 2.05) is 0 Å². The van der Waals surface area contributed by atoms with Crippen molar-refractivity contribution in [3.05, 3.63) is 60.2 Å². The van der Waals surface area contributed by atoms with Gasteiger partial charge in [0, 0.05) is 13.1 Å². The predicted octanol–water partition coefficient (Wildman–Crippen LogP) is 1.01. The first-order chi connectivity index (χ1) is 14.4. The third kappa shape index (κ3) is 5.17. The lowest BCUT2D eigenvalue weighted by Crippen LogP contribution is -2.55. The van der Waals surface area contributed by atoms with Crippen LogP contribution in [0.15, 0.2) is 59.5 Å². The minimum absolute atomic E-state index is 0.0265. The number of rotatable bonds is 7. The number of nitrogens with one attached hydrogen (secondary N) is 1.